The summed E-state index contributed by atoms with van der Waals surface area (Å²) in [6, 6.07) is 8.38. The predicted octanol–water partition coefficient (Wildman–Crippen LogP) is -0.332. The number of hydrogen-bond acceptors (Lipinski definition) is 11. The molecular weight excluding hydrogens is 440 g/mol. The highest BCUT2D eigenvalue weighted by Crippen LogP contribution is 2.34. The molecule has 4 rings (SSSR count). The van der Waals surface area contributed by atoms with Crippen LogP contribution in [-0.4, -0.2) is 83.2 Å². The zero-order chi connectivity index (χ0) is 23.7. The molecule has 0 amide bonds. The van der Waals surface area contributed by atoms with Crippen molar-refractivity contribution in [1.29, 1.82) is 0 Å². The topological polar surface area (TPSA) is 161 Å². The van der Waals surface area contributed by atoms with E-state index in [-0.39, 0.29) is 29.4 Å². The lowest BCUT2D eigenvalue weighted by atomic mass is 9.99. The number of aliphatic hydroxyl groups is 4. The summed E-state index contributed by atoms with van der Waals surface area (Å²) in [7, 11) is 1.31. The fourth-order valence-electron chi connectivity index (χ4n) is 3.50. The predicted molar refractivity (Wildman–Crippen MR) is 109 cm³/mol. The van der Waals surface area contributed by atoms with Crippen LogP contribution in [0.2, 0.25) is 0 Å². The summed E-state index contributed by atoms with van der Waals surface area (Å²) in [6.45, 7) is -0.578. The number of carbonyl (C=O) groups is 2. The lowest BCUT2D eigenvalue weighted by Crippen LogP contribution is -2.60. The van der Waals surface area contributed by atoms with Gasteiger partial charge in [0.2, 0.25) is 24.6 Å². The van der Waals surface area contributed by atoms with Crippen molar-refractivity contribution in [3.05, 3.63) is 47.5 Å². The van der Waals surface area contributed by atoms with E-state index in [1.54, 1.807) is 6.07 Å². The smallest absolute Gasteiger partial charge is 0.233 e. The first kappa shape index (κ1) is 23.0. The molecule has 0 spiro atoms. The number of ether oxygens (including phenoxy) is 5. The van der Waals surface area contributed by atoms with Crippen molar-refractivity contribution in [3.63, 3.8) is 0 Å². The third-order valence-corrected chi connectivity index (χ3v) is 5.36. The Morgan fingerprint density at radius 3 is 2.27 bits per heavy atom. The Bertz CT molecular complexity index is 1050. The Balaban J connectivity index is 1.53. The summed E-state index contributed by atoms with van der Waals surface area (Å²) in [6.07, 6.45) is -7.37. The van der Waals surface area contributed by atoms with Crippen molar-refractivity contribution < 1.29 is 53.7 Å². The Morgan fingerprint density at radius 1 is 0.909 bits per heavy atom. The largest absolute Gasteiger partial charge is 0.493 e. The van der Waals surface area contributed by atoms with E-state index in [1.807, 2.05) is 0 Å². The average Bonchev–Trinajstić information content (AvgIpc) is 3.31. The second-order valence-corrected chi connectivity index (χ2v) is 7.41. The molecule has 2 aliphatic heterocycles. The van der Waals surface area contributed by atoms with Crippen molar-refractivity contribution in [2.24, 2.45) is 0 Å². The molecule has 2 aromatic rings. The van der Waals surface area contributed by atoms with Crippen LogP contribution in [0.5, 0.6) is 23.0 Å². The molecule has 176 valence electrons. The van der Waals surface area contributed by atoms with Gasteiger partial charge < -0.3 is 44.1 Å². The van der Waals surface area contributed by atoms with E-state index >= 15 is 0 Å². The molecule has 0 saturated carbocycles. The van der Waals surface area contributed by atoms with Gasteiger partial charge in [0.1, 0.15) is 24.4 Å². The fraction of sp³-hybridized carbons (Fsp3) is 0.364. The molecule has 11 heteroatoms. The van der Waals surface area contributed by atoms with E-state index < -0.39 is 48.9 Å². The van der Waals surface area contributed by atoms with Gasteiger partial charge in [-0.2, -0.15) is 0 Å². The molecule has 4 N–H and O–H groups in total. The Labute approximate surface area is 187 Å². The molecule has 0 aromatic heterocycles. The Kier molecular flexibility index (Phi) is 6.49. The molecule has 0 bridgehead atoms. The summed E-state index contributed by atoms with van der Waals surface area (Å²) in [4.78, 5) is 25.4. The molecule has 33 heavy (non-hydrogen) atoms. The summed E-state index contributed by atoms with van der Waals surface area (Å²) < 4.78 is 26.5. The number of benzene rings is 2. The van der Waals surface area contributed by atoms with Crippen LogP contribution >= 0.6 is 0 Å². The maximum absolute atomic E-state index is 12.8. The van der Waals surface area contributed by atoms with E-state index in [1.165, 1.54) is 37.4 Å². The monoisotopic (exact) mass is 462 g/mol. The number of hydrogen-bond donors (Lipinski definition) is 4. The van der Waals surface area contributed by atoms with Crippen molar-refractivity contribution in [1.82, 2.24) is 0 Å². The minimum absolute atomic E-state index is 0.0238. The van der Waals surface area contributed by atoms with Gasteiger partial charge in [0.25, 0.3) is 0 Å². The number of fused-ring (bicyclic) bond motifs is 1. The molecule has 1 fully saturated rings. The van der Waals surface area contributed by atoms with Crippen LogP contribution in [0.25, 0.3) is 0 Å². The molecule has 1 saturated heterocycles. The highest BCUT2D eigenvalue weighted by Gasteiger charge is 2.45. The van der Waals surface area contributed by atoms with Crippen LogP contribution < -0.4 is 18.9 Å². The number of Topliss-reactive ketones (excluding diaryl/α,β-unsaturated/α-hetero) is 2. The van der Waals surface area contributed by atoms with E-state index in [4.69, 9.17) is 23.7 Å². The Hall–Kier alpha value is -3.22. The first-order valence-electron chi connectivity index (χ1n) is 9.98. The Morgan fingerprint density at radius 2 is 1.58 bits per heavy atom. The van der Waals surface area contributed by atoms with E-state index in [0.717, 1.165) is 0 Å². The number of aliphatic hydroxyl groups excluding tert-OH is 4. The van der Waals surface area contributed by atoms with Crippen LogP contribution in [0.3, 0.4) is 0 Å². The minimum atomic E-state index is -1.62. The van der Waals surface area contributed by atoms with Gasteiger partial charge in [0.15, 0.2) is 23.0 Å². The van der Waals surface area contributed by atoms with Crippen molar-refractivity contribution in [2.75, 3.05) is 20.5 Å². The second-order valence-electron chi connectivity index (χ2n) is 7.41. The van der Waals surface area contributed by atoms with Gasteiger partial charge >= 0.3 is 0 Å². The molecule has 2 aliphatic rings. The standard InChI is InChI=1S/C22H22O11/c1-29-14-6-10(17(24)18(25)11-2-4-12-15(7-11)31-9-30-12)3-5-13(14)32-22-21(28)20(27)19(26)16(8-23)33-22/h2-7,16,19-23,26-28H,8-9H2,1H3/t16-,19-,20+,21-,22-/m1/s1. The van der Waals surface area contributed by atoms with Gasteiger partial charge in [-0.05, 0) is 36.4 Å². The summed E-state index contributed by atoms with van der Waals surface area (Å²) >= 11 is 0. The molecule has 0 unspecified atom stereocenters. The number of rotatable bonds is 7. The van der Waals surface area contributed by atoms with Gasteiger partial charge in [0.05, 0.1) is 13.7 Å². The van der Waals surface area contributed by atoms with E-state index in [9.17, 15) is 30.0 Å². The molecule has 2 heterocycles. The third kappa shape index (κ3) is 4.36. The highest BCUT2D eigenvalue weighted by molar-refractivity contribution is 6.49. The lowest BCUT2D eigenvalue weighted by Gasteiger charge is -2.39. The van der Waals surface area contributed by atoms with Gasteiger partial charge in [-0.1, -0.05) is 0 Å². The minimum Gasteiger partial charge on any atom is -0.493 e. The van der Waals surface area contributed by atoms with E-state index in [2.05, 4.69) is 0 Å². The van der Waals surface area contributed by atoms with Gasteiger partial charge in [0, 0.05) is 11.1 Å². The third-order valence-electron chi connectivity index (χ3n) is 5.36. The van der Waals surface area contributed by atoms with Crippen LogP contribution in [0, 0.1) is 0 Å². The van der Waals surface area contributed by atoms with Crippen LogP contribution in [-0.2, 0) is 4.74 Å². The maximum atomic E-state index is 12.8. The quantitative estimate of drug-likeness (QED) is 0.315. The van der Waals surface area contributed by atoms with Crippen LogP contribution in [0.1, 0.15) is 20.7 Å². The number of methoxy groups -OCH3 is 1. The molecule has 0 aliphatic carbocycles. The summed E-state index contributed by atoms with van der Waals surface area (Å²) in [5.41, 5.74) is 0.153. The van der Waals surface area contributed by atoms with Gasteiger partial charge in [-0.3, -0.25) is 9.59 Å². The molecular formula is C22H22O11. The zero-order valence-corrected chi connectivity index (χ0v) is 17.4. The molecule has 0 radical (unpaired) electrons. The molecule has 2 aromatic carbocycles. The van der Waals surface area contributed by atoms with Crippen molar-refractivity contribution in [3.8, 4) is 23.0 Å². The highest BCUT2D eigenvalue weighted by atomic mass is 16.7. The SMILES string of the molecule is COc1cc(C(=O)C(=O)c2ccc3c(c2)OCO3)ccc1O[C@@H]1O[C@H](CO)[C@@H](O)[C@H](O)[C@H]1O. The zero-order valence-electron chi connectivity index (χ0n) is 17.4. The number of carbonyl (C=O) groups excluding carboxylic acids is 2. The van der Waals surface area contributed by atoms with Gasteiger partial charge in [-0.25, -0.2) is 0 Å². The van der Waals surface area contributed by atoms with Crippen molar-refractivity contribution >= 4 is 11.6 Å². The fourth-order valence-corrected chi connectivity index (χ4v) is 3.50. The van der Waals surface area contributed by atoms with Gasteiger partial charge in [-0.15, -0.1) is 0 Å². The first-order chi connectivity index (χ1) is 15.8. The average molecular weight is 462 g/mol. The maximum Gasteiger partial charge on any atom is 0.233 e. The van der Waals surface area contributed by atoms with Crippen molar-refractivity contribution in [2.45, 2.75) is 30.7 Å². The normalized spacial score (nSPS) is 26.0. The lowest BCUT2D eigenvalue weighted by molar-refractivity contribution is -0.277. The second kappa shape index (κ2) is 9.33. The number of ketones is 2. The first-order valence-corrected chi connectivity index (χ1v) is 9.98. The molecule has 5 atom stereocenters. The molecule has 11 nitrogen and oxygen atoms in total. The van der Waals surface area contributed by atoms with Crippen LogP contribution in [0.15, 0.2) is 36.4 Å². The summed E-state index contributed by atoms with van der Waals surface area (Å²) in [5.74, 6) is -0.625. The van der Waals surface area contributed by atoms with Crippen LogP contribution in [0.4, 0.5) is 0 Å². The van der Waals surface area contributed by atoms with E-state index in [0.29, 0.717) is 11.5 Å². The summed E-state index contributed by atoms with van der Waals surface area (Å²) in [5, 5.41) is 39.3.